The van der Waals surface area contributed by atoms with Crippen LogP contribution in [0.15, 0.2) is 83.9 Å². The lowest BCUT2D eigenvalue weighted by atomic mass is 9.95. The van der Waals surface area contributed by atoms with E-state index in [9.17, 15) is 4.79 Å². The van der Waals surface area contributed by atoms with E-state index < -0.39 is 0 Å². The Morgan fingerprint density at radius 3 is 2.66 bits per heavy atom. The summed E-state index contributed by atoms with van der Waals surface area (Å²) in [6.07, 6.45) is 7.52. The van der Waals surface area contributed by atoms with Gasteiger partial charge in [-0.3, -0.25) is 0 Å². The van der Waals surface area contributed by atoms with E-state index in [4.69, 9.17) is 4.42 Å². The third-order valence-corrected chi connectivity index (χ3v) is 7.18. The van der Waals surface area contributed by atoms with Crippen molar-refractivity contribution >= 4 is 44.5 Å². The van der Waals surface area contributed by atoms with E-state index in [1.165, 1.54) is 30.6 Å². The number of halogens is 1. The largest absolute Gasteiger partial charge is 0.422 e. The molecule has 7 heteroatoms. The fourth-order valence-electron chi connectivity index (χ4n) is 4.22. The molecule has 5 nitrogen and oxygen atoms in total. The van der Waals surface area contributed by atoms with E-state index in [1.54, 1.807) is 6.21 Å². The average molecular weight is 508 g/mol. The van der Waals surface area contributed by atoms with Crippen LogP contribution in [0, 0.1) is 0 Å². The molecule has 0 unspecified atom stereocenters. The fourth-order valence-corrected chi connectivity index (χ4v) is 5.39. The highest BCUT2D eigenvalue weighted by Gasteiger charge is 2.22. The minimum Gasteiger partial charge on any atom is -0.422 e. The lowest BCUT2D eigenvalue weighted by Gasteiger charge is -2.24. The smallest absolute Gasteiger partial charge is 0.345 e. The maximum Gasteiger partial charge on any atom is 0.345 e. The lowest BCUT2D eigenvalue weighted by molar-refractivity contribution is 0.350. The number of nitrogens with zero attached hydrogens (tertiary/aromatic N) is 3. The summed E-state index contributed by atoms with van der Waals surface area (Å²) in [4.78, 5) is 13.7. The van der Waals surface area contributed by atoms with Crippen LogP contribution < -0.4 is 10.4 Å². The zero-order chi connectivity index (χ0) is 21.9. The standard InChI is InChI=1S/C25H22BrN3O2S/c26-19-12-10-17(11-13-19)15-27-28-25-29(20-7-2-1-3-8-20)22(16-32-25)21-14-18-6-4-5-9-23(18)31-24(21)30/h4-6,9-16,20H,1-3,7-8H2/b27-15-,28-25-. The SMILES string of the molecule is O=c1oc2ccccc2cc1-c1cs/c(=N\N=C/c2ccc(Br)cc2)n1C1CCCCC1. The highest BCUT2D eigenvalue weighted by Crippen LogP contribution is 2.32. The fraction of sp³-hybridized carbons (Fsp3) is 0.240. The van der Waals surface area contributed by atoms with Crippen LogP contribution in [0.5, 0.6) is 0 Å². The van der Waals surface area contributed by atoms with Crippen LogP contribution in [0.2, 0.25) is 0 Å². The molecule has 0 aliphatic heterocycles. The molecule has 1 aliphatic rings. The summed E-state index contributed by atoms with van der Waals surface area (Å²) in [5.41, 5.74) is 2.69. The Hall–Kier alpha value is -2.77. The topological polar surface area (TPSA) is 59.9 Å². The van der Waals surface area contributed by atoms with Crippen LogP contribution in [0.4, 0.5) is 0 Å². The van der Waals surface area contributed by atoms with Crippen LogP contribution >= 0.6 is 27.3 Å². The quantitative estimate of drug-likeness (QED) is 0.179. The third kappa shape index (κ3) is 4.40. The molecule has 2 aromatic carbocycles. The van der Waals surface area contributed by atoms with E-state index in [0.29, 0.717) is 17.2 Å². The molecule has 5 rings (SSSR count). The number of benzene rings is 2. The minimum atomic E-state index is -0.323. The predicted molar refractivity (Wildman–Crippen MR) is 133 cm³/mol. The molecular weight excluding hydrogens is 486 g/mol. The number of fused-ring (bicyclic) bond motifs is 1. The monoisotopic (exact) mass is 507 g/mol. The summed E-state index contributed by atoms with van der Waals surface area (Å²) < 4.78 is 8.84. The number of rotatable bonds is 4. The minimum absolute atomic E-state index is 0.303. The first-order chi connectivity index (χ1) is 15.7. The molecule has 0 bridgehead atoms. The van der Waals surface area contributed by atoms with E-state index in [0.717, 1.165) is 38.8 Å². The predicted octanol–water partition coefficient (Wildman–Crippen LogP) is 6.53. The first kappa shape index (κ1) is 21.1. The van der Waals surface area contributed by atoms with Gasteiger partial charge in [0.05, 0.1) is 17.5 Å². The maximum atomic E-state index is 12.9. The lowest BCUT2D eigenvalue weighted by Crippen LogP contribution is -2.24. The molecule has 0 N–H and O–H groups in total. The molecule has 0 spiro atoms. The third-order valence-electron chi connectivity index (χ3n) is 5.82. The Bertz CT molecular complexity index is 1390. The zero-order valence-electron chi connectivity index (χ0n) is 17.4. The van der Waals surface area contributed by atoms with E-state index in [-0.39, 0.29) is 5.63 Å². The number of thiazole rings is 1. The first-order valence-corrected chi connectivity index (χ1v) is 12.4. The molecule has 0 radical (unpaired) electrons. The molecule has 2 heterocycles. The second-order valence-corrected chi connectivity index (χ2v) is 9.70. The summed E-state index contributed by atoms with van der Waals surface area (Å²) in [6, 6.07) is 17.8. The molecular formula is C25H22BrN3O2S. The van der Waals surface area contributed by atoms with Gasteiger partial charge in [-0.05, 0) is 42.7 Å². The van der Waals surface area contributed by atoms with Gasteiger partial charge in [0, 0.05) is 21.3 Å². The molecule has 162 valence electrons. The van der Waals surface area contributed by atoms with E-state index >= 15 is 0 Å². The highest BCUT2D eigenvalue weighted by molar-refractivity contribution is 9.10. The zero-order valence-corrected chi connectivity index (χ0v) is 19.8. The van der Waals surface area contributed by atoms with Crippen LogP contribution in [0.1, 0.15) is 43.7 Å². The second-order valence-electron chi connectivity index (χ2n) is 7.95. The van der Waals surface area contributed by atoms with Gasteiger partial charge in [0.15, 0.2) is 0 Å². The Labute approximate surface area is 197 Å². The number of hydrogen-bond acceptors (Lipinski definition) is 5. The number of aromatic nitrogens is 1. The molecule has 1 fully saturated rings. The highest BCUT2D eigenvalue weighted by atomic mass is 79.9. The summed E-state index contributed by atoms with van der Waals surface area (Å²) in [6.45, 7) is 0. The summed E-state index contributed by atoms with van der Waals surface area (Å²) in [5, 5.41) is 11.8. The number of hydrogen-bond donors (Lipinski definition) is 0. The second kappa shape index (κ2) is 9.38. The van der Waals surface area contributed by atoms with Crippen LogP contribution in [0.25, 0.3) is 22.2 Å². The molecule has 32 heavy (non-hydrogen) atoms. The summed E-state index contributed by atoms with van der Waals surface area (Å²) in [5.74, 6) is 0. The molecule has 0 amide bonds. The molecule has 2 aromatic heterocycles. The van der Waals surface area contributed by atoms with Crippen molar-refractivity contribution in [1.82, 2.24) is 4.57 Å². The Morgan fingerprint density at radius 2 is 1.84 bits per heavy atom. The van der Waals surface area contributed by atoms with Crippen molar-refractivity contribution in [3.8, 4) is 11.3 Å². The van der Waals surface area contributed by atoms with Crippen molar-refractivity contribution in [3.05, 3.63) is 85.2 Å². The van der Waals surface area contributed by atoms with E-state index in [1.807, 2.05) is 60.0 Å². The summed E-state index contributed by atoms with van der Waals surface area (Å²) >= 11 is 4.96. The van der Waals surface area contributed by atoms with Crippen molar-refractivity contribution in [2.45, 2.75) is 38.1 Å². The first-order valence-electron chi connectivity index (χ1n) is 10.7. The van der Waals surface area contributed by atoms with Gasteiger partial charge in [-0.15, -0.1) is 16.4 Å². The van der Waals surface area contributed by atoms with Crippen molar-refractivity contribution < 1.29 is 4.42 Å². The molecule has 1 aliphatic carbocycles. The van der Waals surface area contributed by atoms with Crippen LogP contribution in [-0.2, 0) is 0 Å². The van der Waals surface area contributed by atoms with Crippen molar-refractivity contribution in [2.24, 2.45) is 10.2 Å². The molecule has 0 saturated heterocycles. The Morgan fingerprint density at radius 1 is 1.06 bits per heavy atom. The Balaban J connectivity index is 1.61. The molecule has 0 atom stereocenters. The van der Waals surface area contributed by atoms with Gasteiger partial charge in [0.1, 0.15) is 5.58 Å². The summed E-state index contributed by atoms with van der Waals surface area (Å²) in [7, 11) is 0. The molecule has 1 saturated carbocycles. The van der Waals surface area contributed by atoms with Crippen molar-refractivity contribution in [3.63, 3.8) is 0 Å². The van der Waals surface area contributed by atoms with Crippen molar-refractivity contribution in [1.29, 1.82) is 0 Å². The van der Waals surface area contributed by atoms with Gasteiger partial charge >= 0.3 is 5.63 Å². The van der Waals surface area contributed by atoms with Gasteiger partial charge in [-0.25, -0.2) is 4.79 Å². The van der Waals surface area contributed by atoms with Gasteiger partial charge in [-0.2, -0.15) is 5.10 Å². The van der Waals surface area contributed by atoms with Crippen LogP contribution in [-0.4, -0.2) is 10.8 Å². The van der Waals surface area contributed by atoms with Gasteiger partial charge in [0.25, 0.3) is 0 Å². The van der Waals surface area contributed by atoms with E-state index in [2.05, 4.69) is 30.7 Å². The van der Waals surface area contributed by atoms with Crippen molar-refractivity contribution in [2.75, 3.05) is 0 Å². The maximum absolute atomic E-state index is 12.9. The average Bonchev–Trinajstić information content (AvgIpc) is 3.24. The van der Waals surface area contributed by atoms with Gasteiger partial charge in [-0.1, -0.05) is 65.5 Å². The van der Waals surface area contributed by atoms with Gasteiger partial charge < -0.3 is 8.98 Å². The molecule has 4 aromatic rings. The normalized spacial score (nSPS) is 15.7. The Kier molecular flexibility index (Phi) is 6.19. The number of para-hydroxylation sites is 1. The van der Waals surface area contributed by atoms with Gasteiger partial charge in [0.2, 0.25) is 4.80 Å². The van der Waals surface area contributed by atoms with Crippen LogP contribution in [0.3, 0.4) is 0 Å².